The average Bonchev–Trinajstić information content (AvgIpc) is 0.828. The minimum absolute atomic E-state index is 0. The number of halogens is 4. The molecule has 3 aromatic heterocycles. The number of hydrogen-bond acceptors (Lipinski definition) is 7. The summed E-state index contributed by atoms with van der Waals surface area (Å²) in [6.45, 7) is 0. The van der Waals surface area contributed by atoms with Crippen molar-refractivity contribution in [1.82, 2.24) is 15.0 Å². The van der Waals surface area contributed by atoms with Gasteiger partial charge in [-0.1, -0.05) is 419 Å². The number of H-pyrrole nitrogens is 1. The van der Waals surface area contributed by atoms with Crippen LogP contribution < -0.4 is 84.2 Å². The van der Waals surface area contributed by atoms with Gasteiger partial charge in [0.2, 0.25) is 17.3 Å². The predicted molar refractivity (Wildman–Crippen MR) is 524 cm³/mol. The van der Waals surface area contributed by atoms with Crippen molar-refractivity contribution < 1.29 is 53.1 Å². The fourth-order valence-corrected chi connectivity index (χ4v) is 22.0. The molecule has 0 fully saturated rings. The van der Waals surface area contributed by atoms with Crippen molar-refractivity contribution in [3.05, 3.63) is 524 Å². The van der Waals surface area contributed by atoms with Gasteiger partial charge in [0.15, 0.2) is 0 Å². The first-order chi connectivity index (χ1) is 60.9. The third-order valence-electron chi connectivity index (χ3n) is 18.4. The van der Waals surface area contributed by atoms with Crippen molar-refractivity contribution in [2.75, 3.05) is 14.2 Å². The van der Waals surface area contributed by atoms with E-state index in [2.05, 4.69) is 395 Å². The number of aromatic amines is 1. The average molecular weight is 1880 g/mol. The summed E-state index contributed by atoms with van der Waals surface area (Å²) >= 11 is 3.26. The van der Waals surface area contributed by atoms with Gasteiger partial charge in [-0.05, 0) is 148 Å². The maximum absolute atomic E-state index is 13.4. The van der Waals surface area contributed by atoms with Crippen LogP contribution >= 0.6 is 47.6 Å². The maximum Gasteiger partial charge on any atom is 0.491 e. The molecule has 0 bridgehead atoms. The summed E-state index contributed by atoms with van der Waals surface area (Å²) in [5, 5.41) is 33.8. The first-order valence-corrected chi connectivity index (χ1v) is 45.8. The van der Waals surface area contributed by atoms with Gasteiger partial charge in [-0.25, -0.2) is 23.1 Å². The van der Waals surface area contributed by atoms with Gasteiger partial charge in [0, 0.05) is 89.4 Å². The van der Waals surface area contributed by atoms with Crippen LogP contribution in [0.1, 0.15) is 0 Å². The Bertz CT molecular complexity index is 5210. The Morgan fingerprint density at radius 1 is 0.280 bits per heavy atom. The van der Waals surface area contributed by atoms with E-state index in [4.69, 9.17) is 19.5 Å². The zero-order valence-corrected chi connectivity index (χ0v) is 75.2. The van der Waals surface area contributed by atoms with Crippen LogP contribution in [0.4, 0.5) is 13.2 Å². The summed E-state index contributed by atoms with van der Waals surface area (Å²) in [6, 6.07) is 158. The van der Waals surface area contributed by atoms with Crippen LogP contribution in [0.25, 0.3) is 22.3 Å². The van der Waals surface area contributed by atoms with Gasteiger partial charge in [-0.2, -0.15) is 0 Å². The second kappa shape index (κ2) is 53.1. The normalized spacial score (nSPS) is 10.2. The number of ether oxygens (including phenoxy) is 2. The number of nitrogens with one attached hydrogen (secondary N) is 1. The van der Waals surface area contributed by atoms with E-state index in [1.807, 2.05) is 6.07 Å². The van der Waals surface area contributed by atoms with E-state index in [0.29, 0.717) is 28.5 Å². The van der Waals surface area contributed by atoms with Gasteiger partial charge >= 0.3 is 7.12 Å². The number of methoxy groups -OCH3 is 2. The number of pyridine rings is 3. The summed E-state index contributed by atoms with van der Waals surface area (Å²) in [6.07, 6.45) is 4.79. The van der Waals surface area contributed by atoms with Crippen molar-refractivity contribution >= 4 is 124 Å². The molecule has 0 spiro atoms. The molecule has 0 aliphatic carbocycles. The molecule has 0 radical (unpaired) electrons. The second-order valence-electron chi connectivity index (χ2n) is 26.8. The Balaban J connectivity index is 0.000000151. The number of hydrogen-bond donors (Lipinski definition) is 3. The molecule has 8 nitrogen and oxygen atoms in total. The smallest absolute Gasteiger partial charge is 0.481 e. The van der Waals surface area contributed by atoms with Gasteiger partial charge in [0.1, 0.15) is 17.5 Å². The summed E-state index contributed by atoms with van der Waals surface area (Å²) in [4.78, 5) is 21.2. The van der Waals surface area contributed by atoms with Gasteiger partial charge in [-0.3, -0.25) is 4.79 Å². The molecule has 0 atom stereocenters. The standard InChI is InChI=1S/4C18H15P.C12H10FNO.C11H8FNO.C6H6BFO2.C6H6BrNO.Pd/c4*1-4-10-16(11-5-1)19(17-12-6-2-7-13-17)18-14-8-3-9-15-18;1-15-12-7-6-9(8-14-12)10-4-2-3-5-11(10)13;12-10-4-2-1-3-9(10)8-5-6-11(14)13-7-8;8-6-4-2-1-3-5(6)7(9)10;1-9-6-3-2-5(7)4-8-6;/h4*1-15H;2-8H,1H3;1-7H,(H,13,14);1-4,9-10H;2-4H,1H3;. The van der Waals surface area contributed by atoms with E-state index in [9.17, 15) is 18.0 Å². The first-order valence-electron chi connectivity index (χ1n) is 39.7. The van der Waals surface area contributed by atoms with Gasteiger partial charge in [0.05, 0.1) is 14.2 Å². The second-order valence-corrected chi connectivity index (χ2v) is 36.6. The maximum atomic E-state index is 13.4. The Labute approximate surface area is 758 Å². The summed E-state index contributed by atoms with van der Waals surface area (Å²) in [5.74, 6) is 0.0230. The van der Waals surface area contributed by atoms with Crippen molar-refractivity contribution in [2.24, 2.45) is 0 Å². The van der Waals surface area contributed by atoms with Crippen LogP contribution in [0.2, 0.25) is 0 Å². The van der Waals surface area contributed by atoms with Crippen LogP contribution in [-0.4, -0.2) is 46.3 Å². The SMILES string of the molecule is COc1ccc(-c2ccccc2F)cn1.COc1ccc(Br)cn1.O=c1ccc(-c2ccccc2F)c[nH]1.OB(O)c1ccccc1F.[Pd].c1ccc(P(c2ccccc2)c2ccccc2)cc1.c1ccc(P(c2ccccc2)c2ccccc2)cc1.c1ccc(P(c2ccccc2)c2ccccc2)cc1.c1ccc(P(c2ccccc2)c2ccccc2)cc1. The molecule has 18 rings (SSSR count). The quantitative estimate of drug-likeness (QED) is 0.0614. The fourth-order valence-electron chi connectivity index (χ4n) is 12.5. The van der Waals surface area contributed by atoms with Crippen molar-refractivity contribution in [3.63, 3.8) is 0 Å². The third-order valence-corrected chi connectivity index (χ3v) is 28.6. The molecule has 3 N–H and O–H groups in total. The molecule has 15 aromatic carbocycles. The van der Waals surface area contributed by atoms with Crippen LogP contribution in [0.15, 0.2) is 501 Å². The van der Waals surface area contributed by atoms with E-state index in [-0.39, 0.29) is 43.1 Å². The van der Waals surface area contributed by atoms with Crippen molar-refractivity contribution in [2.45, 2.75) is 0 Å². The Morgan fingerprint density at radius 2 is 0.504 bits per heavy atom. The zero-order valence-electron chi connectivity index (χ0n) is 68.5. The largest absolute Gasteiger partial charge is 0.491 e. The van der Waals surface area contributed by atoms with Crippen LogP contribution in [-0.2, 0) is 20.4 Å². The summed E-state index contributed by atoms with van der Waals surface area (Å²) < 4.78 is 49.9. The number of benzene rings is 15. The monoisotopic (exact) mass is 1870 g/mol. The van der Waals surface area contributed by atoms with E-state index in [0.717, 1.165) is 10.0 Å². The van der Waals surface area contributed by atoms with Crippen molar-refractivity contribution in [3.8, 4) is 34.0 Å². The van der Waals surface area contributed by atoms with Crippen LogP contribution in [0.5, 0.6) is 11.8 Å². The molecule has 3 heterocycles. The molecule has 0 saturated heterocycles. The number of nitrogens with zero attached hydrogens (tertiary/aromatic N) is 2. The number of aromatic nitrogens is 3. The van der Waals surface area contributed by atoms with Gasteiger partial charge in [-0.15, -0.1) is 0 Å². The number of rotatable bonds is 17. The molecule has 624 valence electrons. The molecule has 0 amide bonds. The first kappa shape index (κ1) is 95.0. The molecule has 125 heavy (non-hydrogen) atoms. The summed E-state index contributed by atoms with van der Waals surface area (Å²) in [7, 11) is -0.365. The third kappa shape index (κ3) is 30.3. The molecule has 0 aliphatic heterocycles. The topological polar surface area (TPSA) is 118 Å². The molecule has 0 unspecified atom stereocenters. The van der Waals surface area contributed by atoms with Gasteiger partial charge in [0.25, 0.3) is 0 Å². The van der Waals surface area contributed by atoms with E-state index < -0.39 is 44.6 Å². The van der Waals surface area contributed by atoms with E-state index >= 15 is 0 Å². The minimum Gasteiger partial charge on any atom is -0.481 e. The summed E-state index contributed by atoms with van der Waals surface area (Å²) in [5.41, 5.74) is 2.17. The molecular weight excluding hydrogens is 1790 g/mol. The molecule has 0 aliphatic rings. The zero-order chi connectivity index (χ0) is 86.6. The van der Waals surface area contributed by atoms with Crippen molar-refractivity contribution in [1.29, 1.82) is 0 Å². The predicted octanol–water partition coefficient (Wildman–Crippen LogP) is 20.2. The van der Waals surface area contributed by atoms with E-state index in [1.54, 1.807) is 87.3 Å². The molecule has 0 saturated carbocycles. The molecule has 18 aromatic rings. The Kier molecular flexibility index (Phi) is 40.3. The van der Waals surface area contributed by atoms with Gasteiger partial charge < -0.3 is 24.5 Å². The van der Waals surface area contributed by atoms with E-state index in [1.165, 1.54) is 112 Å². The minimum atomic E-state index is -1.72. The van der Waals surface area contributed by atoms with Crippen LogP contribution in [0, 0.1) is 17.5 Å². The Morgan fingerprint density at radius 3 is 0.704 bits per heavy atom. The fraction of sp³-hybridized carbons (Fsp3) is 0.0187. The molecule has 18 heteroatoms. The molecular formula is C107H90BBrF3N3O5P4Pd. The Hall–Kier alpha value is -12.2. The van der Waals surface area contributed by atoms with Crippen LogP contribution in [0.3, 0.4) is 0 Å².